The minimum atomic E-state index is -0.978. The number of carboxylic acid groups (broad SMARTS) is 1. The molecule has 0 aliphatic rings. The molecular formula is C14H18N2O5. The van der Waals surface area contributed by atoms with Crippen molar-refractivity contribution < 1.29 is 19.6 Å². The number of aryl methyl sites for hydroxylation is 1. The number of aliphatic carboxylic acids is 1. The molecule has 0 bridgehead atoms. The van der Waals surface area contributed by atoms with E-state index in [-0.39, 0.29) is 30.6 Å². The normalized spacial score (nSPS) is 10.5. The number of hydrogen-bond acceptors (Lipinski definition) is 4. The van der Waals surface area contributed by atoms with Crippen LogP contribution in [0.5, 0.6) is 0 Å². The summed E-state index contributed by atoms with van der Waals surface area (Å²) >= 11 is 0. The van der Waals surface area contributed by atoms with E-state index in [1.54, 1.807) is 20.8 Å². The number of nitrogens with zero attached hydrogens (tertiary/aromatic N) is 2. The SMILES string of the molecule is Cc1cc(C(=O)N(CCC(=O)O)C(C)C)ccc1[N+](=O)[O-]. The van der Waals surface area contributed by atoms with Gasteiger partial charge in [0.2, 0.25) is 0 Å². The predicted octanol–water partition coefficient (Wildman–Crippen LogP) is 2.23. The van der Waals surface area contributed by atoms with Gasteiger partial charge in [-0.05, 0) is 32.9 Å². The summed E-state index contributed by atoms with van der Waals surface area (Å²) in [4.78, 5) is 34.7. The summed E-state index contributed by atoms with van der Waals surface area (Å²) < 4.78 is 0. The van der Waals surface area contributed by atoms with E-state index in [0.29, 0.717) is 11.1 Å². The minimum absolute atomic E-state index is 0.0480. The third-order valence-electron chi connectivity index (χ3n) is 3.09. The maximum absolute atomic E-state index is 12.4. The monoisotopic (exact) mass is 294 g/mol. The quantitative estimate of drug-likeness (QED) is 0.640. The third kappa shape index (κ3) is 4.27. The standard InChI is InChI=1S/C14H18N2O5/c1-9(2)15(7-6-13(17)18)14(19)11-4-5-12(16(20)21)10(3)8-11/h4-5,8-9H,6-7H2,1-3H3,(H,17,18). The number of hydrogen-bond donors (Lipinski definition) is 1. The first-order chi connectivity index (χ1) is 9.73. The van der Waals surface area contributed by atoms with Crippen molar-refractivity contribution in [1.29, 1.82) is 0 Å². The first-order valence-corrected chi connectivity index (χ1v) is 6.51. The fourth-order valence-corrected chi connectivity index (χ4v) is 1.97. The van der Waals surface area contributed by atoms with Gasteiger partial charge >= 0.3 is 5.97 Å². The number of benzene rings is 1. The molecule has 114 valence electrons. The predicted molar refractivity (Wildman–Crippen MR) is 76.3 cm³/mol. The average molecular weight is 294 g/mol. The molecule has 0 saturated carbocycles. The smallest absolute Gasteiger partial charge is 0.305 e. The molecule has 21 heavy (non-hydrogen) atoms. The first kappa shape index (κ1) is 16.6. The Kier molecular flexibility index (Phi) is 5.40. The summed E-state index contributed by atoms with van der Waals surface area (Å²) in [7, 11) is 0. The van der Waals surface area contributed by atoms with Crippen LogP contribution in [-0.2, 0) is 4.79 Å². The van der Waals surface area contributed by atoms with Gasteiger partial charge in [0, 0.05) is 29.8 Å². The fraction of sp³-hybridized carbons (Fsp3) is 0.429. The van der Waals surface area contributed by atoms with Crippen LogP contribution in [0.15, 0.2) is 18.2 Å². The van der Waals surface area contributed by atoms with E-state index in [9.17, 15) is 19.7 Å². The van der Waals surface area contributed by atoms with Gasteiger partial charge in [0.25, 0.3) is 11.6 Å². The van der Waals surface area contributed by atoms with Gasteiger partial charge in [-0.25, -0.2) is 0 Å². The molecule has 0 radical (unpaired) electrons. The second-order valence-electron chi connectivity index (χ2n) is 4.99. The fourth-order valence-electron chi connectivity index (χ4n) is 1.97. The molecule has 0 heterocycles. The van der Waals surface area contributed by atoms with Crippen molar-refractivity contribution in [3.8, 4) is 0 Å². The number of rotatable bonds is 6. The van der Waals surface area contributed by atoms with E-state index in [1.165, 1.54) is 23.1 Å². The highest BCUT2D eigenvalue weighted by atomic mass is 16.6. The molecule has 1 aromatic rings. The van der Waals surface area contributed by atoms with Crippen LogP contribution in [0.2, 0.25) is 0 Å². The Morgan fingerprint density at radius 3 is 2.43 bits per heavy atom. The van der Waals surface area contributed by atoms with Crippen molar-refractivity contribution in [1.82, 2.24) is 4.90 Å². The molecule has 0 unspecified atom stereocenters. The summed E-state index contributed by atoms with van der Waals surface area (Å²) in [5, 5.41) is 19.5. The number of nitro groups is 1. The zero-order chi connectivity index (χ0) is 16.2. The largest absolute Gasteiger partial charge is 0.481 e. The number of nitro benzene ring substituents is 1. The van der Waals surface area contributed by atoms with Crippen LogP contribution in [-0.4, -0.2) is 39.4 Å². The van der Waals surface area contributed by atoms with E-state index in [0.717, 1.165) is 0 Å². The number of carbonyl (C=O) groups excluding carboxylic acids is 1. The number of carbonyl (C=O) groups is 2. The summed E-state index contributed by atoms with van der Waals surface area (Å²) in [6.07, 6.45) is -0.143. The minimum Gasteiger partial charge on any atom is -0.481 e. The molecule has 0 atom stereocenters. The second kappa shape index (κ2) is 6.83. The third-order valence-corrected chi connectivity index (χ3v) is 3.09. The van der Waals surface area contributed by atoms with Gasteiger partial charge in [0.15, 0.2) is 0 Å². The maximum Gasteiger partial charge on any atom is 0.305 e. The molecule has 0 aromatic heterocycles. The molecule has 0 fully saturated rings. The van der Waals surface area contributed by atoms with Crippen LogP contribution in [0.1, 0.15) is 36.2 Å². The zero-order valence-corrected chi connectivity index (χ0v) is 12.2. The van der Waals surface area contributed by atoms with Crippen molar-refractivity contribution in [3.63, 3.8) is 0 Å². The lowest BCUT2D eigenvalue weighted by Gasteiger charge is -2.26. The molecule has 0 aliphatic carbocycles. The molecule has 1 amide bonds. The van der Waals surface area contributed by atoms with Gasteiger partial charge in [0.05, 0.1) is 11.3 Å². The second-order valence-corrected chi connectivity index (χ2v) is 4.99. The summed E-state index contributed by atoms with van der Waals surface area (Å²) in [5.41, 5.74) is 0.665. The summed E-state index contributed by atoms with van der Waals surface area (Å²) in [6, 6.07) is 3.98. The van der Waals surface area contributed by atoms with Crippen molar-refractivity contribution in [2.24, 2.45) is 0 Å². The maximum atomic E-state index is 12.4. The molecule has 0 saturated heterocycles. The highest BCUT2D eigenvalue weighted by Gasteiger charge is 2.21. The van der Waals surface area contributed by atoms with Crippen molar-refractivity contribution in [2.45, 2.75) is 33.2 Å². The van der Waals surface area contributed by atoms with Crippen LogP contribution < -0.4 is 0 Å². The van der Waals surface area contributed by atoms with E-state index in [1.807, 2.05) is 0 Å². The van der Waals surface area contributed by atoms with E-state index < -0.39 is 10.9 Å². The Morgan fingerprint density at radius 2 is 2.00 bits per heavy atom. The van der Waals surface area contributed by atoms with Crippen molar-refractivity contribution in [2.75, 3.05) is 6.54 Å². The number of amides is 1. The van der Waals surface area contributed by atoms with E-state index in [4.69, 9.17) is 5.11 Å². The average Bonchev–Trinajstić information content (AvgIpc) is 2.37. The molecule has 7 heteroatoms. The first-order valence-electron chi connectivity index (χ1n) is 6.51. The molecule has 0 spiro atoms. The Balaban J connectivity index is 3.01. The molecule has 1 N–H and O–H groups in total. The zero-order valence-electron chi connectivity index (χ0n) is 12.2. The lowest BCUT2D eigenvalue weighted by Crippen LogP contribution is -2.38. The van der Waals surface area contributed by atoms with E-state index >= 15 is 0 Å². The van der Waals surface area contributed by atoms with Crippen molar-refractivity contribution >= 4 is 17.6 Å². The lowest BCUT2D eigenvalue weighted by atomic mass is 10.1. The van der Waals surface area contributed by atoms with Gasteiger partial charge in [-0.1, -0.05) is 0 Å². The lowest BCUT2D eigenvalue weighted by molar-refractivity contribution is -0.385. The molecular weight excluding hydrogens is 276 g/mol. The highest BCUT2D eigenvalue weighted by molar-refractivity contribution is 5.95. The summed E-state index contributed by atoms with van der Waals surface area (Å²) in [5.74, 6) is -1.31. The van der Waals surface area contributed by atoms with Crippen LogP contribution in [0.4, 0.5) is 5.69 Å². The van der Waals surface area contributed by atoms with Gasteiger partial charge in [-0.15, -0.1) is 0 Å². The van der Waals surface area contributed by atoms with Crippen LogP contribution in [0.3, 0.4) is 0 Å². The Bertz CT molecular complexity index is 568. The van der Waals surface area contributed by atoms with E-state index in [2.05, 4.69) is 0 Å². The van der Waals surface area contributed by atoms with Crippen LogP contribution >= 0.6 is 0 Å². The molecule has 0 aliphatic heterocycles. The molecule has 7 nitrogen and oxygen atoms in total. The van der Waals surface area contributed by atoms with Gasteiger partial charge in [-0.3, -0.25) is 19.7 Å². The Labute approximate surface area is 122 Å². The number of carboxylic acids is 1. The Hall–Kier alpha value is -2.44. The van der Waals surface area contributed by atoms with Crippen LogP contribution in [0.25, 0.3) is 0 Å². The summed E-state index contributed by atoms with van der Waals surface area (Å²) in [6.45, 7) is 5.24. The van der Waals surface area contributed by atoms with Crippen molar-refractivity contribution in [3.05, 3.63) is 39.4 Å². The van der Waals surface area contributed by atoms with Gasteiger partial charge in [-0.2, -0.15) is 0 Å². The molecule has 1 rings (SSSR count). The van der Waals surface area contributed by atoms with Gasteiger partial charge < -0.3 is 10.0 Å². The van der Waals surface area contributed by atoms with Crippen LogP contribution in [0, 0.1) is 17.0 Å². The Morgan fingerprint density at radius 1 is 1.38 bits per heavy atom. The topological polar surface area (TPSA) is 101 Å². The molecule has 1 aromatic carbocycles. The van der Waals surface area contributed by atoms with Gasteiger partial charge in [0.1, 0.15) is 0 Å². The highest BCUT2D eigenvalue weighted by Crippen LogP contribution is 2.20.